The molecule has 0 unspecified atom stereocenters. The summed E-state index contributed by atoms with van der Waals surface area (Å²) in [6.07, 6.45) is -0.0125. The van der Waals surface area contributed by atoms with Crippen LogP contribution in [0, 0.1) is 10.8 Å². The van der Waals surface area contributed by atoms with Crippen LogP contribution in [0.3, 0.4) is 0 Å². The van der Waals surface area contributed by atoms with Crippen LogP contribution in [0.25, 0.3) is 11.0 Å². The van der Waals surface area contributed by atoms with Gasteiger partial charge in [-0.25, -0.2) is 9.59 Å². The van der Waals surface area contributed by atoms with E-state index in [0.717, 1.165) is 11.1 Å². The fourth-order valence-corrected chi connectivity index (χ4v) is 5.64. The van der Waals surface area contributed by atoms with Crippen molar-refractivity contribution in [2.45, 2.75) is 63.4 Å². The minimum absolute atomic E-state index is 0.0301. The average Bonchev–Trinajstić information content (AvgIpc) is 3.18. The summed E-state index contributed by atoms with van der Waals surface area (Å²) in [6, 6.07) is 23.1. The van der Waals surface area contributed by atoms with Gasteiger partial charge in [-0.15, -0.1) is 0 Å². The molecule has 0 aliphatic carbocycles. The lowest BCUT2D eigenvalue weighted by atomic mass is 10.0. The van der Waals surface area contributed by atoms with E-state index in [1.54, 1.807) is 78.9 Å². The van der Waals surface area contributed by atoms with Crippen LogP contribution in [0.5, 0.6) is 0 Å². The van der Waals surface area contributed by atoms with Crippen molar-refractivity contribution >= 4 is 46.7 Å². The van der Waals surface area contributed by atoms with Crippen molar-refractivity contribution in [3.8, 4) is 0 Å². The Hall–Kier alpha value is -6.91. The van der Waals surface area contributed by atoms with Crippen molar-refractivity contribution in [3.63, 3.8) is 0 Å². The van der Waals surface area contributed by atoms with Gasteiger partial charge in [-0.05, 0) is 48.9 Å². The maximum absolute atomic E-state index is 14.0. The van der Waals surface area contributed by atoms with Gasteiger partial charge in [0, 0.05) is 24.9 Å². The van der Waals surface area contributed by atoms with Crippen LogP contribution in [-0.2, 0) is 38.7 Å². The molecule has 0 saturated carbocycles. The zero-order chi connectivity index (χ0) is 40.3. The van der Waals surface area contributed by atoms with Crippen LogP contribution in [-0.4, -0.2) is 66.9 Å². The maximum atomic E-state index is 14.0. The molecule has 4 amide bonds. The summed E-state index contributed by atoms with van der Waals surface area (Å²) < 4.78 is 10.8. The number of hydrogen-bond acceptors (Lipinski definition) is 9. The number of carbonyl (C=O) groups is 4. The number of nitrogens with one attached hydrogen (secondary N) is 8. The maximum Gasteiger partial charge on any atom is 0.408 e. The number of fused-ring (bicyclic) bond motifs is 1. The summed E-state index contributed by atoms with van der Waals surface area (Å²) >= 11 is 0. The van der Waals surface area contributed by atoms with Crippen LogP contribution in [0.2, 0.25) is 0 Å². The van der Waals surface area contributed by atoms with Crippen LogP contribution in [0.1, 0.15) is 42.4 Å². The third kappa shape index (κ3) is 14.1. The molecule has 296 valence electrons. The number of rotatable bonds is 20. The summed E-state index contributed by atoms with van der Waals surface area (Å²) in [5.74, 6) is -2.52. The van der Waals surface area contributed by atoms with Gasteiger partial charge >= 0.3 is 11.7 Å². The first-order valence-corrected chi connectivity index (χ1v) is 18.1. The van der Waals surface area contributed by atoms with Gasteiger partial charge in [0.15, 0.2) is 11.9 Å². The predicted octanol–water partition coefficient (Wildman–Crippen LogP) is 1.44. The number of carbonyl (C=O) groups excluding carboxylic acids is 4. The number of guanidine groups is 2. The highest BCUT2D eigenvalue weighted by atomic mass is 16.5. The molecule has 0 saturated heterocycles. The topological polar surface area (TPSA) is 280 Å². The van der Waals surface area contributed by atoms with E-state index in [9.17, 15) is 24.0 Å². The minimum atomic E-state index is -1.20. The molecule has 3 aromatic carbocycles. The molecule has 0 spiro atoms. The third-order valence-electron chi connectivity index (χ3n) is 8.51. The summed E-state index contributed by atoms with van der Waals surface area (Å²) in [4.78, 5) is 67.0. The Kier molecular flexibility index (Phi) is 16.2. The van der Waals surface area contributed by atoms with Crippen LogP contribution >= 0.6 is 0 Å². The van der Waals surface area contributed by atoms with E-state index in [4.69, 9.17) is 31.4 Å². The average molecular weight is 769 g/mol. The van der Waals surface area contributed by atoms with Crippen LogP contribution in [0.15, 0.2) is 100 Å². The molecule has 0 aliphatic rings. The van der Waals surface area contributed by atoms with Gasteiger partial charge in [-0.3, -0.25) is 25.2 Å². The molecule has 1 aromatic heterocycles. The lowest BCUT2D eigenvalue weighted by molar-refractivity contribution is -0.133. The second-order valence-corrected chi connectivity index (χ2v) is 12.9. The highest BCUT2D eigenvalue weighted by Gasteiger charge is 2.30. The van der Waals surface area contributed by atoms with E-state index in [-0.39, 0.29) is 69.4 Å². The Bertz CT molecular complexity index is 2010. The summed E-state index contributed by atoms with van der Waals surface area (Å²) in [5.41, 5.74) is 12.3. The summed E-state index contributed by atoms with van der Waals surface area (Å²) in [5, 5.41) is 31.7. The molecule has 0 bridgehead atoms. The van der Waals surface area contributed by atoms with E-state index in [1.807, 2.05) is 12.1 Å². The number of nitrogens with two attached hydrogens (primary N) is 2. The third-order valence-corrected chi connectivity index (χ3v) is 8.51. The number of hydrogen-bond donors (Lipinski definition) is 10. The Labute approximate surface area is 323 Å². The van der Waals surface area contributed by atoms with E-state index in [1.165, 1.54) is 0 Å². The molecule has 3 atom stereocenters. The molecular weight excluding hydrogens is 720 g/mol. The van der Waals surface area contributed by atoms with Gasteiger partial charge in [-0.2, -0.15) is 0 Å². The standard InChI is InChI=1S/C39H48N10O7/c40-37(41)44-19-9-16-29(33(50)46-23-28-22-27-15-7-8-18-32(27)56-36(28)53)47-34(51)30(17-10-20-45-38(42)43)48-35(52)31(21-25-11-3-1-4-12-25)49-39(54)55-24-26-13-5-2-6-14-26/h1-8,11-15,18,22,29-31H,9-10,16-17,19-21,23-24H2,(H,46,50)(H,47,51)(H,48,52)(H,49,54)(H4,40,41,44)(H4,42,43,45)/t29-,30-,31-/m0/s1. The Morgan fingerprint density at radius 2 is 1.20 bits per heavy atom. The SMILES string of the molecule is N=C(N)NCCC[C@H](NC(=O)[C@H](CCCNC(=N)N)NC(=O)[C@H](Cc1ccccc1)NC(=O)OCc1ccccc1)C(=O)NCc1cc2ccccc2oc1=O. The number of para-hydroxylation sites is 1. The Balaban J connectivity index is 1.51. The van der Waals surface area contributed by atoms with Crippen molar-refractivity contribution in [3.05, 3.63) is 118 Å². The molecular formula is C39H48N10O7. The fraction of sp³-hybridized carbons (Fsp3) is 0.308. The monoisotopic (exact) mass is 768 g/mol. The van der Waals surface area contributed by atoms with Crippen LogP contribution in [0.4, 0.5) is 4.79 Å². The molecule has 17 heteroatoms. The minimum Gasteiger partial charge on any atom is -0.445 e. The molecule has 56 heavy (non-hydrogen) atoms. The summed E-state index contributed by atoms with van der Waals surface area (Å²) in [6.45, 7) is 0.223. The van der Waals surface area contributed by atoms with Crippen molar-refractivity contribution in [2.75, 3.05) is 13.1 Å². The van der Waals surface area contributed by atoms with Crippen molar-refractivity contribution in [1.29, 1.82) is 10.8 Å². The highest BCUT2D eigenvalue weighted by molar-refractivity contribution is 5.94. The highest BCUT2D eigenvalue weighted by Crippen LogP contribution is 2.13. The molecule has 1 heterocycles. The van der Waals surface area contributed by atoms with E-state index < -0.39 is 47.6 Å². The van der Waals surface area contributed by atoms with E-state index in [2.05, 4.69) is 31.9 Å². The zero-order valence-corrected chi connectivity index (χ0v) is 30.8. The zero-order valence-electron chi connectivity index (χ0n) is 30.8. The number of benzene rings is 3. The number of alkyl carbamates (subject to hydrolysis) is 1. The molecule has 0 fully saturated rings. The Morgan fingerprint density at radius 3 is 1.80 bits per heavy atom. The van der Waals surface area contributed by atoms with Gasteiger partial charge in [0.05, 0.1) is 12.1 Å². The fourth-order valence-electron chi connectivity index (χ4n) is 5.64. The lowest BCUT2D eigenvalue weighted by Gasteiger charge is -2.25. The first-order valence-electron chi connectivity index (χ1n) is 18.1. The van der Waals surface area contributed by atoms with Crippen LogP contribution < -0.4 is 49.0 Å². The van der Waals surface area contributed by atoms with Crippen molar-refractivity contribution < 1.29 is 28.3 Å². The largest absolute Gasteiger partial charge is 0.445 e. The van der Waals surface area contributed by atoms with Gasteiger partial charge in [0.25, 0.3) is 0 Å². The quantitative estimate of drug-likeness (QED) is 0.0266. The predicted molar refractivity (Wildman–Crippen MR) is 210 cm³/mol. The van der Waals surface area contributed by atoms with Crippen molar-refractivity contribution in [2.24, 2.45) is 11.5 Å². The van der Waals surface area contributed by atoms with Gasteiger partial charge in [0.2, 0.25) is 17.7 Å². The molecule has 4 rings (SSSR count). The molecule has 12 N–H and O–H groups in total. The summed E-state index contributed by atoms with van der Waals surface area (Å²) in [7, 11) is 0. The van der Waals surface area contributed by atoms with E-state index >= 15 is 0 Å². The molecule has 0 aliphatic heterocycles. The van der Waals surface area contributed by atoms with Gasteiger partial charge < -0.3 is 52.5 Å². The second kappa shape index (κ2) is 21.7. The normalized spacial score (nSPS) is 12.3. The van der Waals surface area contributed by atoms with E-state index in [0.29, 0.717) is 17.4 Å². The second-order valence-electron chi connectivity index (χ2n) is 12.9. The lowest BCUT2D eigenvalue weighted by Crippen LogP contribution is -2.57. The molecule has 0 radical (unpaired) electrons. The molecule has 4 aromatic rings. The number of amides is 4. The first-order chi connectivity index (χ1) is 27.0. The smallest absolute Gasteiger partial charge is 0.408 e. The Morgan fingerprint density at radius 1 is 0.661 bits per heavy atom. The first kappa shape index (κ1) is 41.8. The number of ether oxygens (including phenoxy) is 1. The van der Waals surface area contributed by atoms with Gasteiger partial charge in [-0.1, -0.05) is 78.9 Å². The van der Waals surface area contributed by atoms with Gasteiger partial charge in [0.1, 0.15) is 30.3 Å². The van der Waals surface area contributed by atoms with Crippen molar-refractivity contribution in [1.82, 2.24) is 31.9 Å². The molecule has 17 nitrogen and oxygen atoms in total.